The van der Waals surface area contributed by atoms with E-state index in [1.54, 1.807) is 0 Å². The SMILES string of the molecule is CCN(CC)C(=O)CCN=C1NC2(CCC(C)CC2)CS1. The second kappa shape index (κ2) is 7.52. The van der Waals surface area contributed by atoms with Crippen molar-refractivity contribution in [3.63, 3.8) is 0 Å². The Morgan fingerprint density at radius 2 is 2.05 bits per heavy atom. The van der Waals surface area contributed by atoms with Gasteiger partial charge >= 0.3 is 0 Å². The second-order valence-electron chi connectivity index (χ2n) is 6.38. The van der Waals surface area contributed by atoms with E-state index in [1.807, 2.05) is 30.5 Å². The van der Waals surface area contributed by atoms with Crippen LogP contribution >= 0.6 is 11.8 Å². The number of hydrogen-bond acceptors (Lipinski definition) is 3. The minimum atomic E-state index is 0.216. The standard InChI is InChI=1S/C16H29N3OS/c1-4-19(5-2)14(20)8-11-17-15-18-16(12-21-15)9-6-13(3)7-10-16/h13H,4-12H2,1-3H3,(H,17,18). The first-order valence-corrected chi connectivity index (χ1v) is 9.30. The average Bonchev–Trinajstić information content (AvgIpc) is 2.87. The molecular formula is C16H29N3OS. The minimum Gasteiger partial charge on any atom is -0.359 e. The van der Waals surface area contributed by atoms with Crippen molar-refractivity contribution in [2.75, 3.05) is 25.4 Å². The summed E-state index contributed by atoms with van der Waals surface area (Å²) in [5.74, 6) is 2.23. The Kier molecular flexibility index (Phi) is 5.97. The zero-order valence-electron chi connectivity index (χ0n) is 13.7. The molecule has 4 nitrogen and oxygen atoms in total. The van der Waals surface area contributed by atoms with Gasteiger partial charge in [-0.1, -0.05) is 18.7 Å². The molecule has 0 aromatic rings. The van der Waals surface area contributed by atoms with E-state index in [-0.39, 0.29) is 5.91 Å². The van der Waals surface area contributed by atoms with Crippen LogP contribution in [0.5, 0.6) is 0 Å². The van der Waals surface area contributed by atoms with Crippen molar-refractivity contribution in [2.45, 2.75) is 58.4 Å². The van der Waals surface area contributed by atoms with Gasteiger partial charge in [-0.15, -0.1) is 0 Å². The van der Waals surface area contributed by atoms with E-state index in [4.69, 9.17) is 0 Å². The average molecular weight is 311 g/mol. The molecule has 2 fully saturated rings. The number of rotatable bonds is 5. The molecule has 0 radical (unpaired) electrons. The Balaban J connectivity index is 1.78. The van der Waals surface area contributed by atoms with Gasteiger partial charge in [0.15, 0.2) is 5.17 Å². The summed E-state index contributed by atoms with van der Waals surface area (Å²) in [5.41, 5.74) is 0.291. The van der Waals surface area contributed by atoms with Gasteiger partial charge in [-0.2, -0.15) is 0 Å². The molecule has 21 heavy (non-hydrogen) atoms. The third kappa shape index (κ3) is 4.38. The van der Waals surface area contributed by atoms with Gasteiger partial charge in [0.1, 0.15) is 0 Å². The van der Waals surface area contributed by atoms with E-state index in [1.165, 1.54) is 25.7 Å². The van der Waals surface area contributed by atoms with Crippen LogP contribution in [0.1, 0.15) is 52.9 Å². The highest BCUT2D eigenvalue weighted by atomic mass is 32.2. The first kappa shape index (κ1) is 16.7. The molecule has 5 heteroatoms. The van der Waals surface area contributed by atoms with E-state index >= 15 is 0 Å². The van der Waals surface area contributed by atoms with E-state index < -0.39 is 0 Å². The Bertz CT molecular complexity index is 385. The fraction of sp³-hybridized carbons (Fsp3) is 0.875. The molecule has 1 spiro atoms. The molecule has 2 aliphatic rings. The quantitative estimate of drug-likeness (QED) is 0.849. The second-order valence-corrected chi connectivity index (χ2v) is 7.34. The van der Waals surface area contributed by atoms with E-state index in [0.29, 0.717) is 18.5 Å². The van der Waals surface area contributed by atoms with Gasteiger partial charge in [0.05, 0.1) is 6.54 Å². The third-order valence-electron chi connectivity index (χ3n) is 4.79. The minimum absolute atomic E-state index is 0.216. The van der Waals surface area contributed by atoms with Crippen molar-refractivity contribution in [1.29, 1.82) is 0 Å². The molecule has 1 saturated heterocycles. The van der Waals surface area contributed by atoms with Gasteiger partial charge in [-0.3, -0.25) is 9.79 Å². The van der Waals surface area contributed by atoms with Crippen molar-refractivity contribution < 1.29 is 4.79 Å². The summed E-state index contributed by atoms with van der Waals surface area (Å²) in [7, 11) is 0. The number of thioether (sulfide) groups is 1. The summed E-state index contributed by atoms with van der Waals surface area (Å²) in [4.78, 5) is 18.4. The van der Waals surface area contributed by atoms with Crippen LogP contribution in [0.3, 0.4) is 0 Å². The maximum atomic E-state index is 11.9. The van der Waals surface area contributed by atoms with Crippen molar-refractivity contribution in [1.82, 2.24) is 10.2 Å². The Labute approximate surface area is 133 Å². The van der Waals surface area contributed by atoms with Crippen molar-refractivity contribution in [2.24, 2.45) is 10.9 Å². The predicted octanol–water partition coefficient (Wildman–Crippen LogP) is 2.89. The van der Waals surface area contributed by atoms with Gasteiger partial charge in [-0.25, -0.2) is 0 Å². The van der Waals surface area contributed by atoms with E-state index in [0.717, 1.165) is 29.9 Å². The van der Waals surface area contributed by atoms with Gasteiger partial charge in [0.2, 0.25) is 5.91 Å². The number of hydrogen-bond donors (Lipinski definition) is 1. The molecule has 1 saturated carbocycles. The first-order valence-electron chi connectivity index (χ1n) is 8.32. The molecule has 120 valence electrons. The number of amides is 1. The lowest BCUT2D eigenvalue weighted by Gasteiger charge is -2.35. The van der Waals surface area contributed by atoms with Crippen LogP contribution in [0, 0.1) is 5.92 Å². The number of nitrogens with one attached hydrogen (secondary N) is 1. The molecule has 2 rings (SSSR count). The number of aliphatic imine (C=N–C) groups is 1. The third-order valence-corrected chi connectivity index (χ3v) is 5.99. The number of carbonyl (C=O) groups excluding carboxylic acids is 1. The number of amidine groups is 1. The molecule has 0 aromatic heterocycles. The summed E-state index contributed by atoms with van der Waals surface area (Å²) in [6.45, 7) is 8.59. The molecule has 0 unspecified atom stereocenters. The molecule has 0 bridgehead atoms. The van der Waals surface area contributed by atoms with Crippen LogP contribution in [0.2, 0.25) is 0 Å². The van der Waals surface area contributed by atoms with Crippen molar-refractivity contribution in [3.05, 3.63) is 0 Å². The van der Waals surface area contributed by atoms with Gasteiger partial charge in [-0.05, 0) is 45.4 Å². The lowest BCUT2D eigenvalue weighted by molar-refractivity contribution is -0.130. The molecule has 1 heterocycles. The number of nitrogens with zero attached hydrogens (tertiary/aromatic N) is 2. The van der Waals surface area contributed by atoms with Crippen LogP contribution in [0.4, 0.5) is 0 Å². The number of carbonyl (C=O) groups is 1. The summed E-state index contributed by atoms with van der Waals surface area (Å²) in [6.07, 6.45) is 5.69. The molecule has 1 aliphatic carbocycles. The summed E-state index contributed by atoms with van der Waals surface area (Å²) < 4.78 is 0. The van der Waals surface area contributed by atoms with Crippen molar-refractivity contribution in [3.8, 4) is 0 Å². The fourth-order valence-electron chi connectivity index (χ4n) is 3.16. The lowest BCUT2D eigenvalue weighted by atomic mass is 9.78. The maximum Gasteiger partial charge on any atom is 0.224 e. The summed E-state index contributed by atoms with van der Waals surface area (Å²) in [6, 6.07) is 0. The van der Waals surface area contributed by atoms with Gasteiger partial charge in [0, 0.05) is 30.8 Å². The van der Waals surface area contributed by atoms with Crippen LogP contribution in [-0.2, 0) is 4.79 Å². The van der Waals surface area contributed by atoms with Gasteiger partial charge in [0.25, 0.3) is 0 Å². The smallest absolute Gasteiger partial charge is 0.224 e. The monoisotopic (exact) mass is 311 g/mol. The van der Waals surface area contributed by atoms with E-state index in [9.17, 15) is 4.79 Å². The fourth-order valence-corrected chi connectivity index (χ4v) is 4.41. The largest absolute Gasteiger partial charge is 0.359 e. The van der Waals surface area contributed by atoms with E-state index in [2.05, 4.69) is 17.2 Å². The van der Waals surface area contributed by atoms with Crippen LogP contribution in [0.25, 0.3) is 0 Å². The molecule has 1 amide bonds. The van der Waals surface area contributed by atoms with Crippen LogP contribution in [0.15, 0.2) is 4.99 Å². The zero-order chi connectivity index (χ0) is 15.3. The molecule has 0 atom stereocenters. The first-order chi connectivity index (χ1) is 10.1. The highest BCUT2D eigenvalue weighted by Crippen LogP contribution is 2.38. The van der Waals surface area contributed by atoms with Crippen LogP contribution in [-0.4, -0.2) is 46.9 Å². The highest BCUT2D eigenvalue weighted by molar-refractivity contribution is 8.14. The molecule has 0 aromatic carbocycles. The zero-order valence-corrected chi connectivity index (χ0v) is 14.5. The van der Waals surface area contributed by atoms with Crippen LogP contribution < -0.4 is 5.32 Å². The Morgan fingerprint density at radius 3 is 2.67 bits per heavy atom. The Hall–Kier alpha value is -0.710. The molecular weight excluding hydrogens is 282 g/mol. The maximum absolute atomic E-state index is 11.9. The highest BCUT2D eigenvalue weighted by Gasteiger charge is 2.39. The Morgan fingerprint density at radius 1 is 1.38 bits per heavy atom. The summed E-state index contributed by atoms with van der Waals surface area (Å²) >= 11 is 1.83. The summed E-state index contributed by atoms with van der Waals surface area (Å²) in [5, 5.41) is 4.70. The predicted molar refractivity (Wildman–Crippen MR) is 90.8 cm³/mol. The van der Waals surface area contributed by atoms with Crippen molar-refractivity contribution >= 4 is 22.8 Å². The molecule has 1 aliphatic heterocycles. The normalized spacial score (nSPS) is 30.6. The molecule has 1 N–H and O–H groups in total. The van der Waals surface area contributed by atoms with Gasteiger partial charge < -0.3 is 10.2 Å². The lowest BCUT2D eigenvalue weighted by Crippen LogP contribution is -2.46. The topological polar surface area (TPSA) is 44.7 Å².